The van der Waals surface area contributed by atoms with E-state index >= 15 is 0 Å². The van der Waals surface area contributed by atoms with E-state index in [1.165, 1.54) is 0 Å². The summed E-state index contributed by atoms with van der Waals surface area (Å²) in [5.74, 6) is 0.296. The van der Waals surface area contributed by atoms with Crippen LogP contribution in [0.25, 0.3) is 0 Å². The predicted molar refractivity (Wildman–Crippen MR) is 80.9 cm³/mol. The van der Waals surface area contributed by atoms with Gasteiger partial charge in [0.2, 0.25) is 0 Å². The molecule has 0 radical (unpaired) electrons. The highest BCUT2D eigenvalue weighted by Gasteiger charge is 2.07. The van der Waals surface area contributed by atoms with E-state index in [0.717, 1.165) is 28.1 Å². The van der Waals surface area contributed by atoms with Crippen LogP contribution in [0.5, 0.6) is 5.75 Å². The number of hydrogen-bond donors (Lipinski definition) is 4. The van der Waals surface area contributed by atoms with Crippen molar-refractivity contribution in [3.63, 3.8) is 0 Å². The number of anilines is 4. The largest absolute Gasteiger partial charge is 0.508 e. The number of rotatable bonds is 2. The number of benzene rings is 2. The van der Waals surface area contributed by atoms with Gasteiger partial charge in [0.25, 0.3) is 0 Å². The van der Waals surface area contributed by atoms with Crippen molar-refractivity contribution in [2.24, 2.45) is 0 Å². The molecule has 0 amide bonds. The number of nitrogen functional groups attached to an aromatic ring is 2. The number of nitrogens with two attached hydrogens (primary N) is 2. The maximum absolute atomic E-state index is 9.66. The summed E-state index contributed by atoms with van der Waals surface area (Å²) >= 11 is 0. The van der Waals surface area contributed by atoms with Crippen LogP contribution < -0.4 is 16.8 Å². The second kappa shape index (κ2) is 4.72. The number of phenolic OH excluding ortho intramolecular Hbond substituents is 1. The molecule has 0 saturated carbocycles. The van der Waals surface area contributed by atoms with Crippen LogP contribution in [0.3, 0.4) is 0 Å². The predicted octanol–water partition coefficient (Wildman–Crippen LogP) is 3.23. The molecule has 0 aliphatic heterocycles. The van der Waals surface area contributed by atoms with E-state index < -0.39 is 0 Å². The first-order chi connectivity index (χ1) is 8.88. The zero-order valence-corrected chi connectivity index (χ0v) is 11.4. The minimum atomic E-state index is 0.296. The SMILES string of the molecule is Cc1cc(Nc2cc(C)c(O)cc2C)c(N)cc1N. The van der Waals surface area contributed by atoms with Crippen molar-refractivity contribution >= 4 is 22.7 Å². The highest BCUT2D eigenvalue weighted by atomic mass is 16.3. The average molecular weight is 257 g/mol. The van der Waals surface area contributed by atoms with Crippen molar-refractivity contribution in [1.29, 1.82) is 0 Å². The van der Waals surface area contributed by atoms with E-state index in [9.17, 15) is 5.11 Å². The first kappa shape index (κ1) is 13.1. The molecular formula is C15H19N3O. The van der Waals surface area contributed by atoms with Crippen LogP contribution in [0.2, 0.25) is 0 Å². The molecule has 4 heteroatoms. The fraction of sp³-hybridized carbons (Fsp3) is 0.200. The molecule has 6 N–H and O–H groups in total. The van der Waals surface area contributed by atoms with Crippen molar-refractivity contribution < 1.29 is 5.11 Å². The number of phenols is 1. The van der Waals surface area contributed by atoms with Crippen LogP contribution in [-0.2, 0) is 0 Å². The Morgan fingerprint density at radius 1 is 0.789 bits per heavy atom. The molecule has 0 saturated heterocycles. The van der Waals surface area contributed by atoms with E-state index in [2.05, 4.69) is 5.32 Å². The van der Waals surface area contributed by atoms with Gasteiger partial charge >= 0.3 is 0 Å². The Morgan fingerprint density at radius 2 is 1.42 bits per heavy atom. The van der Waals surface area contributed by atoms with Crippen molar-refractivity contribution in [3.8, 4) is 5.75 Å². The molecule has 2 aromatic carbocycles. The van der Waals surface area contributed by atoms with Gasteiger partial charge in [0, 0.05) is 11.4 Å². The van der Waals surface area contributed by atoms with Crippen molar-refractivity contribution in [2.45, 2.75) is 20.8 Å². The monoisotopic (exact) mass is 257 g/mol. The lowest BCUT2D eigenvalue weighted by atomic mass is 10.1. The topological polar surface area (TPSA) is 84.3 Å². The van der Waals surface area contributed by atoms with Crippen molar-refractivity contribution in [2.75, 3.05) is 16.8 Å². The van der Waals surface area contributed by atoms with Gasteiger partial charge in [0.1, 0.15) is 5.75 Å². The first-order valence-corrected chi connectivity index (χ1v) is 6.11. The Morgan fingerprint density at radius 3 is 2.11 bits per heavy atom. The first-order valence-electron chi connectivity index (χ1n) is 6.11. The Balaban J connectivity index is 2.42. The standard InChI is InChI=1S/C15H19N3O/c1-8-4-14(12(17)7-11(8)16)18-13-5-10(3)15(19)6-9(13)2/h4-7,18-19H,16-17H2,1-3H3. The molecular weight excluding hydrogens is 238 g/mol. The van der Waals surface area contributed by atoms with Gasteiger partial charge in [-0.2, -0.15) is 0 Å². The van der Waals surface area contributed by atoms with Gasteiger partial charge < -0.3 is 21.9 Å². The quantitative estimate of drug-likeness (QED) is 0.491. The normalized spacial score (nSPS) is 10.5. The van der Waals surface area contributed by atoms with E-state index in [1.807, 2.05) is 32.9 Å². The summed E-state index contributed by atoms with van der Waals surface area (Å²) in [5.41, 5.74) is 17.6. The number of aryl methyl sites for hydroxylation is 3. The van der Waals surface area contributed by atoms with Gasteiger partial charge in [-0.05, 0) is 61.7 Å². The van der Waals surface area contributed by atoms with E-state index in [0.29, 0.717) is 17.1 Å². The summed E-state index contributed by atoms with van der Waals surface area (Å²) in [6.07, 6.45) is 0. The van der Waals surface area contributed by atoms with E-state index in [-0.39, 0.29) is 0 Å². The number of nitrogens with one attached hydrogen (secondary N) is 1. The maximum Gasteiger partial charge on any atom is 0.118 e. The van der Waals surface area contributed by atoms with Crippen molar-refractivity contribution in [3.05, 3.63) is 41.0 Å². The maximum atomic E-state index is 9.66. The molecule has 0 aliphatic carbocycles. The van der Waals surface area contributed by atoms with Crippen LogP contribution in [0, 0.1) is 20.8 Å². The lowest BCUT2D eigenvalue weighted by molar-refractivity contribution is 0.471. The molecule has 0 atom stereocenters. The molecule has 0 fully saturated rings. The van der Waals surface area contributed by atoms with E-state index in [4.69, 9.17) is 11.5 Å². The van der Waals surface area contributed by atoms with Gasteiger partial charge in [-0.15, -0.1) is 0 Å². The summed E-state index contributed by atoms with van der Waals surface area (Å²) in [4.78, 5) is 0. The number of hydrogen-bond acceptors (Lipinski definition) is 4. The summed E-state index contributed by atoms with van der Waals surface area (Å²) in [5, 5.41) is 12.9. The van der Waals surface area contributed by atoms with Crippen LogP contribution in [0.1, 0.15) is 16.7 Å². The third-order valence-electron chi connectivity index (χ3n) is 3.25. The van der Waals surface area contributed by atoms with Crippen LogP contribution in [0.15, 0.2) is 24.3 Å². The van der Waals surface area contributed by atoms with Crippen LogP contribution >= 0.6 is 0 Å². The third kappa shape index (κ3) is 2.57. The Kier molecular flexibility index (Phi) is 3.25. The van der Waals surface area contributed by atoms with Gasteiger partial charge in [0.05, 0.1) is 11.4 Å². The minimum Gasteiger partial charge on any atom is -0.508 e. The summed E-state index contributed by atoms with van der Waals surface area (Å²) in [6, 6.07) is 7.31. The third-order valence-corrected chi connectivity index (χ3v) is 3.25. The fourth-order valence-corrected chi connectivity index (χ4v) is 1.93. The molecule has 0 bridgehead atoms. The van der Waals surface area contributed by atoms with Gasteiger partial charge in [-0.3, -0.25) is 0 Å². The molecule has 2 aromatic rings. The smallest absolute Gasteiger partial charge is 0.118 e. The Labute approximate surface area is 113 Å². The van der Waals surface area contributed by atoms with Gasteiger partial charge in [-0.25, -0.2) is 0 Å². The fourth-order valence-electron chi connectivity index (χ4n) is 1.93. The lowest BCUT2D eigenvalue weighted by Crippen LogP contribution is -2.01. The molecule has 0 unspecified atom stereocenters. The molecule has 0 aromatic heterocycles. The average Bonchev–Trinajstić information content (AvgIpc) is 2.32. The second-order valence-electron chi connectivity index (χ2n) is 4.87. The molecule has 2 rings (SSSR count). The summed E-state index contributed by atoms with van der Waals surface area (Å²) in [7, 11) is 0. The zero-order valence-electron chi connectivity index (χ0n) is 11.4. The Hall–Kier alpha value is -2.36. The number of aromatic hydroxyl groups is 1. The van der Waals surface area contributed by atoms with Gasteiger partial charge in [-0.1, -0.05) is 0 Å². The lowest BCUT2D eigenvalue weighted by Gasteiger charge is -2.15. The Bertz CT molecular complexity index is 580. The summed E-state index contributed by atoms with van der Waals surface area (Å²) in [6.45, 7) is 5.73. The molecule has 4 nitrogen and oxygen atoms in total. The molecule has 19 heavy (non-hydrogen) atoms. The molecule has 0 aliphatic rings. The second-order valence-corrected chi connectivity index (χ2v) is 4.87. The highest BCUT2D eigenvalue weighted by molar-refractivity contribution is 5.78. The molecule has 0 heterocycles. The molecule has 0 spiro atoms. The van der Waals surface area contributed by atoms with Crippen LogP contribution in [-0.4, -0.2) is 5.11 Å². The molecule has 100 valence electrons. The van der Waals surface area contributed by atoms with Gasteiger partial charge in [0.15, 0.2) is 0 Å². The summed E-state index contributed by atoms with van der Waals surface area (Å²) < 4.78 is 0. The van der Waals surface area contributed by atoms with E-state index in [1.54, 1.807) is 12.1 Å². The van der Waals surface area contributed by atoms with Crippen molar-refractivity contribution in [1.82, 2.24) is 0 Å². The highest BCUT2D eigenvalue weighted by Crippen LogP contribution is 2.31. The zero-order chi connectivity index (χ0) is 14.2. The minimum absolute atomic E-state index is 0.296. The van der Waals surface area contributed by atoms with Crippen LogP contribution in [0.4, 0.5) is 22.7 Å².